The number of aryl methyl sites for hydroxylation is 1. The summed E-state index contributed by atoms with van der Waals surface area (Å²) >= 11 is 1.72. The topological polar surface area (TPSA) is 31.7 Å². The maximum absolute atomic E-state index is 4.70. The van der Waals surface area contributed by atoms with E-state index in [0.29, 0.717) is 6.54 Å². The van der Waals surface area contributed by atoms with Crippen LogP contribution in [-0.4, -0.2) is 48.9 Å². The van der Waals surface area contributed by atoms with Crippen LogP contribution in [0.5, 0.6) is 0 Å². The highest BCUT2D eigenvalue weighted by molar-refractivity contribution is 14.0. The van der Waals surface area contributed by atoms with Gasteiger partial charge in [-0.15, -0.1) is 35.3 Å². The van der Waals surface area contributed by atoms with Crippen LogP contribution in [0.25, 0.3) is 10.6 Å². The SMILES string of the molecule is Cc1nc(-c2ccccc2)sc1CN=C(N(C)C)N(C)C.I. The standard InChI is InChI=1S/C16H22N4S.HI/c1-12-14(11-17-16(19(2)3)20(4)5)21-15(18-12)13-9-7-6-8-10-13;/h6-10H,11H2,1-5H3;1H. The Labute approximate surface area is 153 Å². The molecule has 2 aromatic rings. The molecule has 0 unspecified atom stereocenters. The fourth-order valence-corrected chi connectivity index (χ4v) is 3.10. The number of aliphatic imine (C=N–C) groups is 1. The summed E-state index contributed by atoms with van der Waals surface area (Å²) in [5.74, 6) is 0.962. The van der Waals surface area contributed by atoms with Crippen LogP contribution < -0.4 is 0 Å². The predicted molar refractivity (Wildman–Crippen MR) is 106 cm³/mol. The molecule has 0 N–H and O–H groups in total. The first-order chi connectivity index (χ1) is 9.99. The molecule has 0 aliphatic rings. The van der Waals surface area contributed by atoms with Crippen LogP contribution in [0.3, 0.4) is 0 Å². The van der Waals surface area contributed by atoms with Crippen LogP contribution >= 0.6 is 35.3 Å². The van der Waals surface area contributed by atoms with E-state index in [2.05, 4.69) is 24.0 Å². The van der Waals surface area contributed by atoms with Crippen molar-refractivity contribution >= 4 is 41.3 Å². The lowest BCUT2D eigenvalue weighted by Gasteiger charge is -2.22. The molecule has 0 radical (unpaired) electrons. The molecule has 1 heterocycles. The van der Waals surface area contributed by atoms with Crippen LogP contribution in [0.1, 0.15) is 10.6 Å². The minimum Gasteiger partial charge on any atom is -0.349 e. The van der Waals surface area contributed by atoms with Gasteiger partial charge in [-0.1, -0.05) is 30.3 Å². The van der Waals surface area contributed by atoms with E-state index in [9.17, 15) is 0 Å². The van der Waals surface area contributed by atoms with Gasteiger partial charge in [0.2, 0.25) is 0 Å². The summed E-state index contributed by atoms with van der Waals surface area (Å²) in [7, 11) is 8.03. The molecule has 2 rings (SSSR count). The van der Waals surface area contributed by atoms with Gasteiger partial charge in [0.05, 0.1) is 12.2 Å². The normalized spacial score (nSPS) is 9.86. The van der Waals surface area contributed by atoms with E-state index in [-0.39, 0.29) is 24.0 Å². The quantitative estimate of drug-likeness (QED) is 0.423. The second-order valence-corrected chi connectivity index (χ2v) is 6.38. The Kier molecular flexibility index (Phi) is 7.28. The van der Waals surface area contributed by atoms with E-state index in [1.165, 1.54) is 10.4 Å². The third-order valence-corrected chi connectivity index (χ3v) is 4.27. The van der Waals surface area contributed by atoms with E-state index in [4.69, 9.17) is 4.99 Å². The van der Waals surface area contributed by atoms with Gasteiger partial charge in [0.15, 0.2) is 5.96 Å². The summed E-state index contributed by atoms with van der Waals surface area (Å²) in [6, 6.07) is 10.3. The highest BCUT2D eigenvalue weighted by Crippen LogP contribution is 2.28. The molecule has 0 amide bonds. The average molecular weight is 430 g/mol. The highest BCUT2D eigenvalue weighted by atomic mass is 127. The predicted octanol–water partition coefficient (Wildman–Crippen LogP) is 3.72. The zero-order valence-electron chi connectivity index (χ0n) is 13.7. The van der Waals surface area contributed by atoms with Crippen molar-refractivity contribution in [3.8, 4) is 10.6 Å². The zero-order chi connectivity index (χ0) is 15.4. The number of halogens is 1. The van der Waals surface area contributed by atoms with E-state index >= 15 is 0 Å². The van der Waals surface area contributed by atoms with Crippen LogP contribution in [0.15, 0.2) is 35.3 Å². The van der Waals surface area contributed by atoms with Crippen LogP contribution in [0, 0.1) is 6.92 Å². The molecule has 0 saturated heterocycles. The van der Waals surface area contributed by atoms with Gasteiger partial charge in [-0.05, 0) is 6.92 Å². The number of hydrogen-bond acceptors (Lipinski definition) is 3. The van der Waals surface area contributed by atoms with Gasteiger partial charge in [-0.3, -0.25) is 0 Å². The Hall–Kier alpha value is -1.15. The number of guanidine groups is 1. The maximum atomic E-state index is 4.70. The lowest BCUT2D eigenvalue weighted by atomic mass is 10.2. The summed E-state index contributed by atoms with van der Waals surface area (Å²) in [6.07, 6.45) is 0. The smallest absolute Gasteiger partial charge is 0.195 e. The number of benzene rings is 1. The lowest BCUT2D eigenvalue weighted by Crippen LogP contribution is -2.35. The van der Waals surface area contributed by atoms with Crippen molar-refractivity contribution in [3.05, 3.63) is 40.9 Å². The summed E-state index contributed by atoms with van der Waals surface area (Å²) < 4.78 is 0. The first kappa shape index (κ1) is 18.9. The number of hydrogen-bond donors (Lipinski definition) is 0. The summed E-state index contributed by atoms with van der Waals surface area (Å²) in [5.41, 5.74) is 2.24. The van der Waals surface area contributed by atoms with E-state index < -0.39 is 0 Å². The molecule has 0 fully saturated rings. The molecule has 1 aromatic heterocycles. The molecule has 22 heavy (non-hydrogen) atoms. The second-order valence-electron chi connectivity index (χ2n) is 5.30. The molecular formula is C16H23IN4S. The van der Waals surface area contributed by atoms with Gasteiger partial charge in [0.25, 0.3) is 0 Å². The Morgan fingerprint density at radius 2 is 1.68 bits per heavy atom. The molecule has 0 aliphatic carbocycles. The molecule has 0 saturated carbocycles. The molecule has 4 nitrogen and oxygen atoms in total. The van der Waals surface area contributed by atoms with Crippen molar-refractivity contribution in [1.82, 2.24) is 14.8 Å². The van der Waals surface area contributed by atoms with Gasteiger partial charge in [0, 0.05) is 38.6 Å². The Morgan fingerprint density at radius 1 is 1.09 bits per heavy atom. The Bertz CT molecular complexity index is 610. The van der Waals surface area contributed by atoms with Crippen molar-refractivity contribution in [2.45, 2.75) is 13.5 Å². The minimum atomic E-state index is 0. The number of thiazole rings is 1. The summed E-state index contributed by atoms with van der Waals surface area (Å²) in [6.45, 7) is 2.72. The molecule has 6 heteroatoms. The van der Waals surface area contributed by atoms with Gasteiger partial charge >= 0.3 is 0 Å². The molecule has 1 aromatic carbocycles. The van der Waals surface area contributed by atoms with Gasteiger partial charge < -0.3 is 9.80 Å². The van der Waals surface area contributed by atoms with Crippen molar-refractivity contribution in [2.75, 3.05) is 28.2 Å². The lowest BCUT2D eigenvalue weighted by molar-refractivity contribution is 0.479. The fraction of sp³-hybridized carbons (Fsp3) is 0.375. The molecule has 0 atom stereocenters. The fourth-order valence-electron chi connectivity index (χ4n) is 2.10. The van der Waals surface area contributed by atoms with E-state index in [0.717, 1.165) is 16.7 Å². The van der Waals surface area contributed by atoms with Crippen LogP contribution in [0.2, 0.25) is 0 Å². The van der Waals surface area contributed by atoms with Crippen molar-refractivity contribution in [1.29, 1.82) is 0 Å². The third kappa shape index (κ3) is 4.67. The molecule has 0 aliphatic heterocycles. The number of nitrogens with zero attached hydrogens (tertiary/aromatic N) is 4. The Balaban J connectivity index is 0.00000242. The molecule has 0 spiro atoms. The summed E-state index contributed by atoms with van der Waals surface area (Å²) in [5, 5.41) is 1.06. The van der Waals surface area contributed by atoms with Gasteiger partial charge in [0.1, 0.15) is 5.01 Å². The average Bonchev–Trinajstić information content (AvgIpc) is 2.81. The number of rotatable bonds is 3. The maximum Gasteiger partial charge on any atom is 0.195 e. The highest BCUT2D eigenvalue weighted by Gasteiger charge is 2.10. The number of aromatic nitrogens is 1. The minimum absolute atomic E-state index is 0. The Morgan fingerprint density at radius 3 is 2.23 bits per heavy atom. The second kappa shape index (κ2) is 8.47. The first-order valence-corrected chi connectivity index (χ1v) is 7.71. The van der Waals surface area contributed by atoms with Crippen molar-refractivity contribution in [3.63, 3.8) is 0 Å². The van der Waals surface area contributed by atoms with Crippen molar-refractivity contribution < 1.29 is 0 Å². The van der Waals surface area contributed by atoms with E-state index in [1.54, 1.807) is 11.3 Å². The third-order valence-electron chi connectivity index (χ3n) is 3.08. The molecule has 0 bridgehead atoms. The van der Waals surface area contributed by atoms with Crippen LogP contribution in [0.4, 0.5) is 0 Å². The zero-order valence-corrected chi connectivity index (χ0v) is 16.8. The first-order valence-electron chi connectivity index (χ1n) is 6.90. The van der Waals surface area contributed by atoms with Crippen molar-refractivity contribution in [2.24, 2.45) is 4.99 Å². The van der Waals surface area contributed by atoms with Crippen LogP contribution in [-0.2, 0) is 6.54 Å². The van der Waals surface area contributed by atoms with Gasteiger partial charge in [-0.2, -0.15) is 0 Å². The largest absolute Gasteiger partial charge is 0.349 e. The summed E-state index contributed by atoms with van der Waals surface area (Å²) in [4.78, 5) is 14.6. The monoisotopic (exact) mass is 430 g/mol. The van der Waals surface area contributed by atoms with E-state index in [1.807, 2.05) is 56.2 Å². The van der Waals surface area contributed by atoms with Gasteiger partial charge in [-0.25, -0.2) is 9.98 Å². The molecule has 120 valence electrons. The molecular weight excluding hydrogens is 407 g/mol.